The summed E-state index contributed by atoms with van der Waals surface area (Å²) in [6.45, 7) is 5.89. The smallest absolute Gasteiger partial charge is 0.260 e. The summed E-state index contributed by atoms with van der Waals surface area (Å²) in [7, 11) is -3.45. The van der Waals surface area contributed by atoms with Crippen LogP contribution in [0.1, 0.15) is 25.5 Å². The van der Waals surface area contributed by atoms with Gasteiger partial charge in [-0.2, -0.15) is 9.40 Å². The molecule has 1 atom stereocenters. The van der Waals surface area contributed by atoms with E-state index in [0.717, 1.165) is 18.5 Å². The maximum atomic E-state index is 12.7. The predicted octanol–water partition coefficient (Wildman–Crippen LogP) is 0.993. The molecular weight excluding hydrogens is 300 g/mol. The van der Waals surface area contributed by atoms with E-state index >= 15 is 0 Å². The monoisotopic (exact) mass is 322 g/mol. The fraction of sp³-hybridized carbons (Fsp3) is 0.750. The van der Waals surface area contributed by atoms with Crippen molar-refractivity contribution in [3.05, 3.63) is 11.8 Å². The highest BCUT2D eigenvalue weighted by Crippen LogP contribution is 2.23. The van der Waals surface area contributed by atoms with E-state index in [1.165, 1.54) is 0 Å². The number of piperidine rings is 1. The van der Waals surface area contributed by atoms with E-state index in [1.54, 1.807) is 15.1 Å². The third-order valence-electron chi connectivity index (χ3n) is 3.58. The molecule has 1 aliphatic rings. The van der Waals surface area contributed by atoms with E-state index in [-0.39, 0.29) is 18.3 Å². The van der Waals surface area contributed by atoms with Crippen molar-refractivity contribution in [2.24, 2.45) is 11.7 Å². The van der Waals surface area contributed by atoms with Crippen LogP contribution in [0.2, 0.25) is 0 Å². The summed E-state index contributed by atoms with van der Waals surface area (Å²) in [6.07, 6.45) is 1.88. The molecule has 0 spiro atoms. The lowest BCUT2D eigenvalue weighted by Crippen LogP contribution is -2.42. The lowest BCUT2D eigenvalue weighted by Gasteiger charge is -2.31. The van der Waals surface area contributed by atoms with Gasteiger partial charge in [0.05, 0.1) is 5.69 Å². The van der Waals surface area contributed by atoms with Gasteiger partial charge in [0.1, 0.15) is 0 Å². The Morgan fingerprint density at radius 2 is 2.20 bits per heavy atom. The van der Waals surface area contributed by atoms with Crippen molar-refractivity contribution in [2.75, 3.05) is 19.6 Å². The fourth-order valence-corrected chi connectivity index (χ4v) is 4.32. The molecule has 2 N–H and O–H groups in total. The van der Waals surface area contributed by atoms with Gasteiger partial charge in [-0.05, 0) is 45.2 Å². The van der Waals surface area contributed by atoms with Crippen LogP contribution >= 0.6 is 12.4 Å². The minimum atomic E-state index is -3.45. The third-order valence-corrected chi connectivity index (χ3v) is 5.45. The number of aryl methyl sites for hydroxylation is 2. The first-order valence-corrected chi connectivity index (χ1v) is 8.17. The third kappa shape index (κ3) is 3.33. The van der Waals surface area contributed by atoms with Crippen molar-refractivity contribution >= 4 is 22.4 Å². The van der Waals surface area contributed by atoms with Gasteiger partial charge in [0.25, 0.3) is 10.0 Å². The Labute approximate surface area is 126 Å². The molecular formula is C12H23ClN4O2S. The molecule has 116 valence electrons. The number of hydrogen-bond acceptors (Lipinski definition) is 4. The Kier molecular flexibility index (Phi) is 6.00. The zero-order valence-corrected chi connectivity index (χ0v) is 13.6. The second-order valence-electron chi connectivity index (χ2n) is 5.05. The van der Waals surface area contributed by atoms with Gasteiger partial charge in [0.2, 0.25) is 0 Å². The average Bonchev–Trinajstić information content (AvgIpc) is 2.81. The Morgan fingerprint density at radius 3 is 2.80 bits per heavy atom. The molecule has 1 aliphatic heterocycles. The van der Waals surface area contributed by atoms with Crippen molar-refractivity contribution in [1.29, 1.82) is 0 Å². The number of aromatic nitrogens is 2. The van der Waals surface area contributed by atoms with Gasteiger partial charge >= 0.3 is 0 Å². The minimum absolute atomic E-state index is 0. The first-order chi connectivity index (χ1) is 8.98. The highest BCUT2D eigenvalue weighted by molar-refractivity contribution is 7.89. The molecule has 0 amide bonds. The van der Waals surface area contributed by atoms with E-state index in [2.05, 4.69) is 5.10 Å². The first kappa shape index (κ1) is 17.4. The molecule has 1 unspecified atom stereocenters. The van der Waals surface area contributed by atoms with Crippen molar-refractivity contribution in [3.63, 3.8) is 0 Å². The molecule has 6 nitrogen and oxygen atoms in total. The van der Waals surface area contributed by atoms with Gasteiger partial charge in [-0.1, -0.05) is 0 Å². The van der Waals surface area contributed by atoms with Gasteiger partial charge in [-0.25, -0.2) is 8.42 Å². The molecule has 2 rings (SSSR count). The van der Waals surface area contributed by atoms with Crippen LogP contribution in [0.15, 0.2) is 11.1 Å². The van der Waals surface area contributed by atoms with Crippen molar-refractivity contribution in [2.45, 2.75) is 38.3 Å². The van der Waals surface area contributed by atoms with E-state index < -0.39 is 10.0 Å². The van der Waals surface area contributed by atoms with Gasteiger partial charge in [0, 0.05) is 19.6 Å². The number of nitrogens with two attached hydrogens (primary N) is 1. The molecule has 0 radical (unpaired) electrons. The molecule has 0 aliphatic carbocycles. The van der Waals surface area contributed by atoms with Crippen molar-refractivity contribution in [3.8, 4) is 0 Å². The topological polar surface area (TPSA) is 81.2 Å². The number of sulfonamides is 1. The Morgan fingerprint density at radius 1 is 1.50 bits per heavy atom. The molecule has 0 bridgehead atoms. The lowest BCUT2D eigenvalue weighted by atomic mass is 10.0. The molecule has 8 heteroatoms. The summed E-state index contributed by atoms with van der Waals surface area (Å²) in [5.74, 6) is 0.266. The first-order valence-electron chi connectivity index (χ1n) is 6.73. The SMILES string of the molecule is CCn1nc(C)cc1S(=O)(=O)N1CCCC(CN)C1.Cl. The number of halogens is 1. The number of nitrogens with zero attached hydrogens (tertiary/aromatic N) is 3. The Balaban J connectivity index is 0.00000200. The molecule has 0 saturated carbocycles. The van der Waals surface area contributed by atoms with Crippen LogP contribution in [0.25, 0.3) is 0 Å². The molecule has 2 heterocycles. The highest BCUT2D eigenvalue weighted by Gasteiger charge is 2.32. The van der Waals surface area contributed by atoms with Crippen LogP contribution in [0, 0.1) is 12.8 Å². The van der Waals surface area contributed by atoms with E-state index in [0.29, 0.717) is 31.2 Å². The summed E-state index contributed by atoms with van der Waals surface area (Å²) in [4.78, 5) is 0. The zero-order chi connectivity index (χ0) is 14.0. The molecule has 1 fully saturated rings. The van der Waals surface area contributed by atoms with E-state index in [1.807, 2.05) is 13.8 Å². The maximum Gasteiger partial charge on any atom is 0.260 e. The van der Waals surface area contributed by atoms with Crippen molar-refractivity contribution in [1.82, 2.24) is 14.1 Å². The summed E-state index contributed by atoms with van der Waals surface area (Å²) < 4.78 is 28.4. The molecule has 20 heavy (non-hydrogen) atoms. The summed E-state index contributed by atoms with van der Waals surface area (Å²) >= 11 is 0. The second-order valence-corrected chi connectivity index (χ2v) is 6.93. The molecule has 1 saturated heterocycles. The van der Waals surface area contributed by atoms with E-state index in [9.17, 15) is 8.42 Å². The van der Waals surface area contributed by atoms with Crippen LogP contribution < -0.4 is 5.73 Å². The lowest BCUT2D eigenvalue weighted by molar-refractivity contribution is 0.269. The zero-order valence-electron chi connectivity index (χ0n) is 11.9. The van der Waals surface area contributed by atoms with Crippen LogP contribution in [0.4, 0.5) is 0 Å². The van der Waals surface area contributed by atoms with Crippen LogP contribution in [-0.2, 0) is 16.6 Å². The van der Waals surface area contributed by atoms with Crippen molar-refractivity contribution < 1.29 is 8.42 Å². The maximum absolute atomic E-state index is 12.7. The summed E-state index contributed by atoms with van der Waals surface area (Å²) in [5.41, 5.74) is 6.40. The predicted molar refractivity (Wildman–Crippen MR) is 80.4 cm³/mol. The second kappa shape index (κ2) is 6.89. The van der Waals surface area contributed by atoms with Gasteiger partial charge in [-0.3, -0.25) is 4.68 Å². The van der Waals surface area contributed by atoms with Crippen LogP contribution in [0.3, 0.4) is 0 Å². The Hall–Kier alpha value is -0.630. The average molecular weight is 323 g/mol. The molecule has 1 aromatic heterocycles. The quantitative estimate of drug-likeness (QED) is 0.896. The normalized spacial score (nSPS) is 20.6. The number of rotatable bonds is 4. The van der Waals surface area contributed by atoms with Gasteiger partial charge < -0.3 is 5.73 Å². The van der Waals surface area contributed by atoms with E-state index in [4.69, 9.17) is 5.73 Å². The van der Waals surface area contributed by atoms with Crippen LogP contribution in [0.5, 0.6) is 0 Å². The molecule has 0 aromatic carbocycles. The highest BCUT2D eigenvalue weighted by atomic mass is 35.5. The minimum Gasteiger partial charge on any atom is -0.330 e. The standard InChI is InChI=1S/C12H22N4O2S.ClH/c1-3-16-12(7-10(2)14-16)19(17,18)15-6-4-5-11(8-13)9-15;/h7,11H,3-6,8-9,13H2,1-2H3;1H. The Bertz CT molecular complexity index is 544. The summed E-state index contributed by atoms with van der Waals surface area (Å²) in [5, 5.41) is 4.51. The van der Waals surface area contributed by atoms with Gasteiger partial charge in [0.15, 0.2) is 5.03 Å². The number of hydrogen-bond donors (Lipinski definition) is 1. The fourth-order valence-electron chi connectivity index (χ4n) is 2.53. The van der Waals surface area contributed by atoms with Crippen LogP contribution in [-0.4, -0.2) is 42.1 Å². The van der Waals surface area contributed by atoms with Gasteiger partial charge in [-0.15, -0.1) is 12.4 Å². The summed E-state index contributed by atoms with van der Waals surface area (Å²) in [6, 6.07) is 1.64. The largest absolute Gasteiger partial charge is 0.330 e. The molecule has 1 aromatic rings.